The molecule has 0 saturated carbocycles. The summed E-state index contributed by atoms with van der Waals surface area (Å²) in [6.45, 7) is 10.6. The Morgan fingerprint density at radius 2 is 1.72 bits per heavy atom. The number of rotatable bonds is 11. The number of H-pyrrole nitrogens is 2. The number of carbonyl (C=O) groups excluding carboxylic acids is 3. The van der Waals surface area contributed by atoms with E-state index in [4.69, 9.17) is 14.9 Å². The SMILES string of the molecule is COC(=O)N[C@H](C(=O)N(Cc1ncc(-c2ccc3oc4c(F)c5ccc(-c6cnc([C@@H]7CCCN7C(=O)[C@H](C)N)[nH]6)cc5cc4c(=O)c3c2)[nH]1)CC(C)C)C(C)C. The molecule has 0 radical (unpaired) electrons. The normalized spacial score (nSPS) is 15.5. The summed E-state index contributed by atoms with van der Waals surface area (Å²) in [7, 11) is 1.25. The molecule has 1 aliphatic rings. The van der Waals surface area contributed by atoms with Gasteiger partial charge >= 0.3 is 6.09 Å². The van der Waals surface area contributed by atoms with E-state index in [-0.39, 0.29) is 58.2 Å². The highest BCUT2D eigenvalue weighted by Crippen LogP contribution is 2.35. The van der Waals surface area contributed by atoms with Gasteiger partial charge in [0.05, 0.1) is 60.3 Å². The molecule has 14 nitrogen and oxygen atoms in total. The van der Waals surface area contributed by atoms with Gasteiger partial charge in [0.1, 0.15) is 23.3 Å². The fourth-order valence-corrected chi connectivity index (χ4v) is 7.57. The Labute approximate surface area is 328 Å². The molecule has 298 valence electrons. The highest BCUT2D eigenvalue weighted by Gasteiger charge is 2.33. The molecule has 0 unspecified atom stereocenters. The lowest BCUT2D eigenvalue weighted by atomic mass is 10.0. The van der Waals surface area contributed by atoms with Gasteiger partial charge in [-0.15, -0.1) is 0 Å². The lowest BCUT2D eigenvalue weighted by Gasteiger charge is -2.30. The third kappa shape index (κ3) is 7.71. The summed E-state index contributed by atoms with van der Waals surface area (Å²) >= 11 is 0. The molecule has 3 aromatic carbocycles. The number of alkyl carbamates (subject to hydrolysis) is 1. The molecule has 0 spiro atoms. The molecule has 1 fully saturated rings. The van der Waals surface area contributed by atoms with Crippen molar-refractivity contribution in [3.8, 4) is 22.5 Å². The minimum absolute atomic E-state index is 0.0940. The van der Waals surface area contributed by atoms with Crippen LogP contribution in [0.25, 0.3) is 55.2 Å². The van der Waals surface area contributed by atoms with Crippen molar-refractivity contribution in [2.45, 2.75) is 72.1 Å². The highest BCUT2D eigenvalue weighted by atomic mass is 19.1. The monoisotopic (exact) mass is 778 g/mol. The largest absolute Gasteiger partial charge is 0.453 e. The summed E-state index contributed by atoms with van der Waals surface area (Å²) in [5, 5.41) is 3.81. The summed E-state index contributed by atoms with van der Waals surface area (Å²) in [6, 6.07) is 10.3. The van der Waals surface area contributed by atoms with E-state index in [1.807, 2.05) is 27.7 Å². The van der Waals surface area contributed by atoms with Gasteiger partial charge in [0, 0.05) is 29.6 Å². The predicted octanol–water partition coefficient (Wildman–Crippen LogP) is 6.39. The molecule has 3 atom stereocenters. The maximum atomic E-state index is 16.1. The van der Waals surface area contributed by atoms with Crippen LogP contribution < -0.4 is 16.5 Å². The van der Waals surface area contributed by atoms with Crippen LogP contribution in [0, 0.1) is 17.7 Å². The van der Waals surface area contributed by atoms with E-state index in [1.54, 1.807) is 71.6 Å². The molecule has 15 heteroatoms. The molecule has 5 N–H and O–H groups in total. The third-order valence-corrected chi connectivity index (χ3v) is 10.4. The number of hydrogen-bond donors (Lipinski definition) is 4. The quantitative estimate of drug-likeness (QED) is 0.108. The smallest absolute Gasteiger partial charge is 0.407 e. The van der Waals surface area contributed by atoms with E-state index in [0.29, 0.717) is 52.5 Å². The van der Waals surface area contributed by atoms with E-state index in [9.17, 15) is 19.2 Å². The van der Waals surface area contributed by atoms with E-state index in [1.165, 1.54) is 7.11 Å². The van der Waals surface area contributed by atoms with E-state index < -0.39 is 29.4 Å². The summed E-state index contributed by atoms with van der Waals surface area (Å²) in [5.74, 6) is 0.0946. The van der Waals surface area contributed by atoms with Crippen molar-refractivity contribution in [1.29, 1.82) is 0 Å². The Morgan fingerprint density at radius 1 is 1.00 bits per heavy atom. The second-order valence-electron chi connectivity index (χ2n) is 15.5. The van der Waals surface area contributed by atoms with Gasteiger partial charge in [-0.25, -0.2) is 19.2 Å². The first-order valence-corrected chi connectivity index (χ1v) is 19.2. The lowest BCUT2D eigenvalue weighted by molar-refractivity contribution is -0.135. The Balaban J connectivity index is 1.18. The number of aromatic amines is 2. The number of nitrogens with one attached hydrogen (secondary N) is 3. The number of amides is 3. The second kappa shape index (κ2) is 15.8. The summed E-state index contributed by atoms with van der Waals surface area (Å²) in [4.78, 5) is 71.6. The number of likely N-dealkylation sites (tertiary alicyclic amines) is 1. The number of aromatic nitrogens is 4. The summed E-state index contributed by atoms with van der Waals surface area (Å²) in [6.07, 6.45) is 4.24. The number of carbonyl (C=O) groups is 3. The number of ether oxygens (including phenoxy) is 1. The number of nitrogens with zero attached hydrogens (tertiary/aromatic N) is 4. The van der Waals surface area contributed by atoms with Crippen LogP contribution in [0.5, 0.6) is 0 Å². The van der Waals surface area contributed by atoms with Crippen molar-refractivity contribution in [2.24, 2.45) is 17.6 Å². The van der Waals surface area contributed by atoms with Crippen LogP contribution in [-0.2, 0) is 20.9 Å². The van der Waals surface area contributed by atoms with Crippen molar-refractivity contribution in [3.05, 3.63) is 82.5 Å². The molecule has 1 aliphatic heterocycles. The number of halogens is 1. The molecule has 0 bridgehead atoms. The highest BCUT2D eigenvalue weighted by molar-refractivity contribution is 6.01. The average molecular weight is 779 g/mol. The molecular weight excluding hydrogens is 732 g/mol. The number of nitrogens with two attached hydrogens (primary N) is 1. The topological polar surface area (TPSA) is 193 Å². The van der Waals surface area contributed by atoms with Crippen LogP contribution in [0.1, 0.15) is 65.2 Å². The molecule has 3 aromatic heterocycles. The van der Waals surface area contributed by atoms with Crippen molar-refractivity contribution < 1.29 is 27.9 Å². The maximum absolute atomic E-state index is 16.1. The van der Waals surface area contributed by atoms with Gasteiger partial charge in [-0.3, -0.25) is 14.4 Å². The van der Waals surface area contributed by atoms with Crippen molar-refractivity contribution in [2.75, 3.05) is 20.2 Å². The van der Waals surface area contributed by atoms with E-state index in [0.717, 1.165) is 18.4 Å². The molecular formula is C42H47FN8O6. The first-order valence-electron chi connectivity index (χ1n) is 19.2. The maximum Gasteiger partial charge on any atom is 0.407 e. The Morgan fingerprint density at radius 3 is 2.44 bits per heavy atom. The minimum Gasteiger partial charge on any atom is -0.453 e. The van der Waals surface area contributed by atoms with Gasteiger partial charge in [-0.05, 0) is 67.3 Å². The van der Waals surface area contributed by atoms with E-state index in [2.05, 4.69) is 25.3 Å². The third-order valence-electron chi connectivity index (χ3n) is 10.4. The lowest BCUT2D eigenvalue weighted by Crippen LogP contribution is -2.51. The van der Waals surface area contributed by atoms with Crippen molar-refractivity contribution in [3.63, 3.8) is 0 Å². The van der Waals surface area contributed by atoms with Crippen LogP contribution in [0.3, 0.4) is 0 Å². The van der Waals surface area contributed by atoms with Crippen molar-refractivity contribution >= 4 is 50.6 Å². The summed E-state index contributed by atoms with van der Waals surface area (Å²) in [5.41, 5.74) is 8.26. The molecule has 7 rings (SSSR count). The zero-order valence-electron chi connectivity index (χ0n) is 32.8. The van der Waals surface area contributed by atoms with Gasteiger partial charge in [0.25, 0.3) is 0 Å². The van der Waals surface area contributed by atoms with Crippen LogP contribution >= 0.6 is 0 Å². The van der Waals surface area contributed by atoms with Gasteiger partial charge in [0.2, 0.25) is 17.2 Å². The van der Waals surface area contributed by atoms with Gasteiger partial charge in [-0.1, -0.05) is 39.8 Å². The molecule has 6 aromatic rings. The number of benzene rings is 3. The molecule has 57 heavy (non-hydrogen) atoms. The first-order chi connectivity index (χ1) is 27.2. The number of fused-ring (bicyclic) bond motifs is 3. The Bertz CT molecular complexity index is 2560. The molecule has 4 heterocycles. The molecule has 3 amide bonds. The van der Waals surface area contributed by atoms with Gasteiger partial charge in [-0.2, -0.15) is 0 Å². The molecule has 1 saturated heterocycles. The van der Waals surface area contributed by atoms with E-state index >= 15 is 4.39 Å². The fourth-order valence-electron chi connectivity index (χ4n) is 7.57. The first kappa shape index (κ1) is 39.2. The second-order valence-corrected chi connectivity index (χ2v) is 15.5. The Kier molecular flexibility index (Phi) is 10.9. The number of methoxy groups -OCH3 is 1. The van der Waals surface area contributed by atoms with Crippen molar-refractivity contribution in [1.82, 2.24) is 35.1 Å². The van der Waals surface area contributed by atoms with Crippen LogP contribution in [0.4, 0.5) is 9.18 Å². The van der Waals surface area contributed by atoms with Gasteiger partial charge in [0.15, 0.2) is 11.4 Å². The predicted molar refractivity (Wildman–Crippen MR) is 214 cm³/mol. The minimum atomic E-state index is -0.793. The van der Waals surface area contributed by atoms with Gasteiger partial charge < -0.3 is 40.0 Å². The number of imidazole rings is 2. The summed E-state index contributed by atoms with van der Waals surface area (Å²) < 4.78 is 26.9. The zero-order valence-corrected chi connectivity index (χ0v) is 32.8. The van der Waals surface area contributed by atoms with Crippen LogP contribution in [0.2, 0.25) is 0 Å². The Hall–Kier alpha value is -6.09. The van der Waals surface area contributed by atoms with Crippen LogP contribution in [0.15, 0.2) is 64.1 Å². The zero-order chi connectivity index (χ0) is 40.7. The molecule has 0 aliphatic carbocycles. The standard InChI is InChI=1S/C42H47FN8O6/c1-21(2)19-50(41(54)36(22(3)4)49-42(55)56-6)20-34-45-17-30(47-34)25-10-12-33-28(15-25)37(52)29-16-26-14-24(9-11-27(26)35(43)38(29)57-33)31-18-46-39(48-31)32-8-7-13-51(32)40(53)23(5)44/h9-12,14-18,21-23,32,36H,7-8,13,19-20,44H2,1-6H3,(H,45,47)(H,46,48)(H,49,55)/t23-,32-,36-/m0/s1. The average Bonchev–Trinajstić information content (AvgIpc) is 3.98. The van der Waals surface area contributed by atoms with Crippen LogP contribution in [-0.4, -0.2) is 79.9 Å². The number of hydrogen-bond acceptors (Lipinski definition) is 9. The fraction of sp³-hybridized carbons (Fsp3) is 0.381.